The highest BCUT2D eigenvalue weighted by molar-refractivity contribution is 7.73. The van der Waals surface area contributed by atoms with Gasteiger partial charge in [-0.2, -0.15) is 0 Å². The van der Waals surface area contributed by atoms with Crippen LogP contribution in [0.3, 0.4) is 0 Å². The van der Waals surface area contributed by atoms with E-state index in [2.05, 4.69) is 16.5 Å². The van der Waals surface area contributed by atoms with Crippen molar-refractivity contribution < 1.29 is 4.42 Å². The molecule has 0 aliphatic heterocycles. The Bertz CT molecular complexity index is 1250. The Morgan fingerprint density at radius 1 is 1.33 bits per heavy atom. The molecular formula is C19H16N4O2S2. The Labute approximate surface area is 164 Å². The first-order valence-corrected chi connectivity index (χ1v) is 9.52. The van der Waals surface area contributed by atoms with Crippen LogP contribution in [0.2, 0.25) is 0 Å². The molecule has 3 heterocycles. The topological polar surface area (TPSA) is 65.8 Å². The fourth-order valence-electron chi connectivity index (χ4n) is 2.81. The van der Waals surface area contributed by atoms with Crippen molar-refractivity contribution in [1.82, 2.24) is 19.1 Å². The van der Waals surface area contributed by atoms with Gasteiger partial charge in [0.15, 0.2) is 9.60 Å². The lowest BCUT2D eigenvalue weighted by molar-refractivity contribution is 0.537. The van der Waals surface area contributed by atoms with Crippen molar-refractivity contribution in [2.75, 3.05) is 0 Å². The molecule has 0 fully saturated rings. The van der Waals surface area contributed by atoms with Gasteiger partial charge in [0, 0.05) is 12.1 Å². The van der Waals surface area contributed by atoms with Crippen LogP contribution >= 0.6 is 23.6 Å². The second-order valence-electron chi connectivity index (χ2n) is 5.99. The molecule has 8 heteroatoms. The Balaban J connectivity index is 1.73. The van der Waals surface area contributed by atoms with Gasteiger partial charge in [-0.05, 0) is 31.3 Å². The van der Waals surface area contributed by atoms with Gasteiger partial charge < -0.3 is 8.98 Å². The minimum Gasteiger partial charge on any atom is -0.441 e. The SMILES string of the molecule is C=CCn1c(=S)sc2c(=O)n(Cc3nc(-c4ccccc4)oc3C)cnc21. The lowest BCUT2D eigenvalue weighted by Gasteiger charge is -2.04. The van der Waals surface area contributed by atoms with Gasteiger partial charge in [0.2, 0.25) is 5.89 Å². The standard InChI is InChI=1S/C19H16N4O2S2/c1-3-9-23-16-15(27-19(23)26)18(24)22(11-20-16)10-14-12(2)25-17(21-14)13-7-5-4-6-8-13/h3-8,11H,1,9-10H2,2H3. The van der Waals surface area contributed by atoms with Crippen LogP contribution in [0.15, 0.2) is 58.5 Å². The lowest BCUT2D eigenvalue weighted by Crippen LogP contribution is -2.21. The van der Waals surface area contributed by atoms with E-state index in [9.17, 15) is 4.79 Å². The van der Waals surface area contributed by atoms with Gasteiger partial charge in [-0.3, -0.25) is 9.36 Å². The summed E-state index contributed by atoms with van der Waals surface area (Å²) in [6.07, 6.45) is 3.26. The Hall–Kier alpha value is -2.84. The monoisotopic (exact) mass is 396 g/mol. The van der Waals surface area contributed by atoms with E-state index in [0.717, 1.165) is 5.56 Å². The first-order valence-electron chi connectivity index (χ1n) is 8.30. The molecule has 136 valence electrons. The third-order valence-corrected chi connectivity index (χ3v) is 5.61. The van der Waals surface area contributed by atoms with Crippen LogP contribution in [-0.2, 0) is 13.1 Å². The predicted molar refractivity (Wildman–Crippen MR) is 109 cm³/mol. The summed E-state index contributed by atoms with van der Waals surface area (Å²) in [5.41, 5.74) is 2.05. The quantitative estimate of drug-likeness (QED) is 0.374. The summed E-state index contributed by atoms with van der Waals surface area (Å²) in [6.45, 7) is 6.38. The van der Waals surface area contributed by atoms with Crippen LogP contribution in [-0.4, -0.2) is 19.1 Å². The number of allylic oxidation sites excluding steroid dienone is 1. The van der Waals surface area contributed by atoms with E-state index in [0.29, 0.717) is 38.2 Å². The summed E-state index contributed by atoms with van der Waals surface area (Å²) in [7, 11) is 0. The maximum Gasteiger partial charge on any atom is 0.273 e. The first-order chi connectivity index (χ1) is 13.1. The number of oxazole rings is 1. The van der Waals surface area contributed by atoms with E-state index >= 15 is 0 Å². The maximum atomic E-state index is 12.9. The number of hydrogen-bond acceptors (Lipinski definition) is 6. The molecule has 4 rings (SSSR count). The summed E-state index contributed by atoms with van der Waals surface area (Å²) < 4.78 is 10.3. The van der Waals surface area contributed by atoms with Crippen LogP contribution in [0.1, 0.15) is 11.5 Å². The van der Waals surface area contributed by atoms with E-state index in [1.54, 1.807) is 6.08 Å². The zero-order chi connectivity index (χ0) is 19.0. The predicted octanol–water partition coefficient (Wildman–Crippen LogP) is 4.19. The molecule has 0 amide bonds. The molecule has 0 spiro atoms. The highest BCUT2D eigenvalue weighted by Gasteiger charge is 2.15. The zero-order valence-electron chi connectivity index (χ0n) is 14.6. The fourth-order valence-corrected chi connectivity index (χ4v) is 4.13. The van der Waals surface area contributed by atoms with E-state index in [-0.39, 0.29) is 12.1 Å². The third kappa shape index (κ3) is 3.17. The molecule has 0 radical (unpaired) electrons. The number of nitrogens with zero attached hydrogens (tertiary/aromatic N) is 4. The molecule has 6 nitrogen and oxygen atoms in total. The van der Waals surface area contributed by atoms with E-state index < -0.39 is 0 Å². The van der Waals surface area contributed by atoms with Crippen LogP contribution < -0.4 is 5.56 Å². The second kappa shape index (κ2) is 7.05. The third-order valence-electron chi connectivity index (χ3n) is 4.19. The Morgan fingerprint density at radius 3 is 2.85 bits per heavy atom. The number of benzene rings is 1. The molecule has 27 heavy (non-hydrogen) atoms. The van der Waals surface area contributed by atoms with Gasteiger partial charge in [0.25, 0.3) is 5.56 Å². The highest BCUT2D eigenvalue weighted by atomic mass is 32.1. The average Bonchev–Trinajstić information content (AvgIpc) is 3.20. The molecule has 0 saturated carbocycles. The minimum atomic E-state index is -0.137. The lowest BCUT2D eigenvalue weighted by atomic mass is 10.2. The van der Waals surface area contributed by atoms with Gasteiger partial charge in [0.1, 0.15) is 22.5 Å². The van der Waals surface area contributed by atoms with E-state index in [1.165, 1.54) is 22.2 Å². The largest absolute Gasteiger partial charge is 0.441 e. The molecule has 0 bridgehead atoms. The normalized spacial score (nSPS) is 11.1. The summed E-state index contributed by atoms with van der Waals surface area (Å²) in [5, 5.41) is 0. The highest BCUT2D eigenvalue weighted by Crippen LogP contribution is 2.22. The van der Waals surface area contributed by atoms with Crippen LogP contribution in [0, 0.1) is 10.9 Å². The summed E-state index contributed by atoms with van der Waals surface area (Å²) in [5.74, 6) is 1.22. The smallest absolute Gasteiger partial charge is 0.273 e. The zero-order valence-corrected chi connectivity index (χ0v) is 16.2. The summed E-state index contributed by atoms with van der Waals surface area (Å²) in [6, 6.07) is 9.67. The molecule has 0 atom stereocenters. The van der Waals surface area contributed by atoms with Crippen molar-refractivity contribution >= 4 is 33.9 Å². The fraction of sp³-hybridized carbons (Fsp3) is 0.158. The molecule has 3 aromatic heterocycles. The molecule has 0 N–H and O–H groups in total. The average molecular weight is 396 g/mol. The van der Waals surface area contributed by atoms with Gasteiger partial charge >= 0.3 is 0 Å². The second-order valence-corrected chi connectivity index (χ2v) is 7.63. The van der Waals surface area contributed by atoms with Crippen LogP contribution in [0.25, 0.3) is 21.8 Å². The number of thiazole rings is 1. The number of aromatic nitrogens is 4. The van der Waals surface area contributed by atoms with Crippen molar-refractivity contribution in [2.45, 2.75) is 20.0 Å². The minimum absolute atomic E-state index is 0.137. The van der Waals surface area contributed by atoms with Crippen LogP contribution in [0.4, 0.5) is 0 Å². The Kier molecular flexibility index (Phi) is 4.59. The molecule has 0 saturated heterocycles. The van der Waals surface area contributed by atoms with Crippen molar-refractivity contribution in [3.63, 3.8) is 0 Å². The molecule has 4 aromatic rings. The number of aryl methyl sites for hydroxylation is 1. The van der Waals surface area contributed by atoms with E-state index in [1.807, 2.05) is 41.8 Å². The maximum absolute atomic E-state index is 12.9. The first kappa shape index (κ1) is 17.6. The number of hydrogen-bond donors (Lipinski definition) is 0. The van der Waals surface area contributed by atoms with Gasteiger partial charge in [-0.1, -0.05) is 35.6 Å². The van der Waals surface area contributed by atoms with Crippen molar-refractivity contribution in [3.05, 3.63) is 75.1 Å². The molecule has 0 unspecified atom stereocenters. The molecule has 0 aliphatic carbocycles. The van der Waals surface area contributed by atoms with Crippen molar-refractivity contribution in [3.8, 4) is 11.5 Å². The molecule has 1 aromatic carbocycles. The number of rotatable bonds is 5. The molecule has 0 aliphatic rings. The summed E-state index contributed by atoms with van der Waals surface area (Å²) in [4.78, 5) is 21.9. The van der Waals surface area contributed by atoms with Crippen molar-refractivity contribution in [2.24, 2.45) is 0 Å². The van der Waals surface area contributed by atoms with E-state index in [4.69, 9.17) is 16.6 Å². The van der Waals surface area contributed by atoms with Crippen LogP contribution in [0.5, 0.6) is 0 Å². The Morgan fingerprint density at radius 2 is 2.11 bits per heavy atom. The molecular weight excluding hydrogens is 380 g/mol. The summed E-state index contributed by atoms with van der Waals surface area (Å²) >= 11 is 6.61. The number of fused-ring (bicyclic) bond motifs is 1. The van der Waals surface area contributed by atoms with Gasteiger partial charge in [0.05, 0.1) is 6.54 Å². The van der Waals surface area contributed by atoms with Gasteiger partial charge in [-0.15, -0.1) is 6.58 Å². The van der Waals surface area contributed by atoms with Crippen molar-refractivity contribution in [1.29, 1.82) is 0 Å². The van der Waals surface area contributed by atoms with Gasteiger partial charge in [-0.25, -0.2) is 9.97 Å².